The minimum atomic E-state index is -0.513. The van der Waals surface area contributed by atoms with Crippen molar-refractivity contribution in [3.63, 3.8) is 0 Å². The third-order valence-corrected chi connectivity index (χ3v) is 4.82. The quantitative estimate of drug-likeness (QED) is 0.811. The van der Waals surface area contributed by atoms with Gasteiger partial charge in [-0.25, -0.2) is 8.78 Å². The Morgan fingerprint density at radius 3 is 2.58 bits per heavy atom. The van der Waals surface area contributed by atoms with Crippen LogP contribution in [-0.2, 0) is 19.6 Å². The summed E-state index contributed by atoms with van der Waals surface area (Å²) in [7, 11) is 0. The fraction of sp³-hybridized carbons (Fsp3) is 0.429. The Hall–Kier alpha value is -1.98. The highest BCUT2D eigenvalue weighted by atomic mass is 19.1. The zero-order valence-electron chi connectivity index (χ0n) is 15.0. The molecule has 1 heterocycles. The first kappa shape index (κ1) is 18.8. The molecule has 0 aliphatic carbocycles. The fourth-order valence-corrected chi connectivity index (χ4v) is 3.69. The summed E-state index contributed by atoms with van der Waals surface area (Å²) in [4.78, 5) is 2.34. The summed E-state index contributed by atoms with van der Waals surface area (Å²) in [5, 5.41) is 9.53. The number of hydrogen-bond acceptors (Lipinski definition) is 3. The molecule has 0 saturated carbocycles. The van der Waals surface area contributed by atoms with E-state index in [9.17, 15) is 13.9 Å². The van der Waals surface area contributed by atoms with Crippen LogP contribution in [0.3, 0.4) is 0 Å². The molecule has 3 nitrogen and oxygen atoms in total. The molecule has 1 unspecified atom stereocenters. The van der Waals surface area contributed by atoms with Crippen LogP contribution in [0.1, 0.15) is 30.0 Å². The van der Waals surface area contributed by atoms with Crippen LogP contribution in [0.4, 0.5) is 8.78 Å². The van der Waals surface area contributed by atoms with Crippen LogP contribution in [0.25, 0.3) is 0 Å². The second-order valence-corrected chi connectivity index (χ2v) is 6.90. The topological polar surface area (TPSA) is 32.7 Å². The van der Waals surface area contributed by atoms with Gasteiger partial charge in [-0.3, -0.25) is 4.90 Å². The Morgan fingerprint density at radius 1 is 1.12 bits per heavy atom. The molecular weight excluding hydrogens is 336 g/mol. The summed E-state index contributed by atoms with van der Waals surface area (Å²) >= 11 is 0. The zero-order chi connectivity index (χ0) is 18.5. The van der Waals surface area contributed by atoms with E-state index >= 15 is 0 Å². The summed E-state index contributed by atoms with van der Waals surface area (Å²) in [6.07, 6.45) is 1.71. The van der Waals surface area contributed by atoms with Crippen molar-refractivity contribution in [1.82, 2.24) is 4.90 Å². The highest BCUT2D eigenvalue weighted by Crippen LogP contribution is 2.25. The molecule has 0 amide bonds. The molecule has 3 rings (SSSR count). The molecule has 1 aliphatic rings. The largest absolute Gasteiger partial charge is 0.494 e. The highest BCUT2D eigenvalue weighted by molar-refractivity contribution is 5.37. The van der Waals surface area contributed by atoms with Gasteiger partial charge in [0.2, 0.25) is 0 Å². The monoisotopic (exact) mass is 361 g/mol. The Bertz CT molecular complexity index is 731. The zero-order valence-corrected chi connectivity index (χ0v) is 15.0. The van der Waals surface area contributed by atoms with Crippen LogP contribution < -0.4 is 4.74 Å². The molecule has 1 saturated heterocycles. The van der Waals surface area contributed by atoms with E-state index in [2.05, 4.69) is 4.90 Å². The van der Waals surface area contributed by atoms with Crippen LogP contribution >= 0.6 is 0 Å². The Kier molecular flexibility index (Phi) is 6.22. The van der Waals surface area contributed by atoms with Crippen molar-refractivity contribution >= 4 is 0 Å². The molecule has 26 heavy (non-hydrogen) atoms. The number of rotatable bonds is 7. The molecule has 5 heteroatoms. The van der Waals surface area contributed by atoms with E-state index < -0.39 is 11.6 Å². The van der Waals surface area contributed by atoms with Gasteiger partial charge < -0.3 is 9.84 Å². The number of aliphatic hydroxyl groups is 1. The van der Waals surface area contributed by atoms with Crippen molar-refractivity contribution in [2.45, 2.75) is 32.9 Å². The van der Waals surface area contributed by atoms with Crippen molar-refractivity contribution in [2.75, 3.05) is 19.7 Å². The van der Waals surface area contributed by atoms with E-state index in [4.69, 9.17) is 4.74 Å². The molecule has 1 fully saturated rings. The molecular formula is C21H25F2NO2. The average molecular weight is 361 g/mol. The first-order valence-corrected chi connectivity index (χ1v) is 9.10. The SMILES string of the molecule is CCOc1ccc(CN2CCC(Cc3cc(F)cc(F)c3)C2)cc1CO. The number of benzene rings is 2. The third-order valence-electron chi connectivity index (χ3n) is 4.82. The molecule has 1 N–H and O–H groups in total. The van der Waals surface area contributed by atoms with Crippen LogP contribution in [0.2, 0.25) is 0 Å². The minimum Gasteiger partial charge on any atom is -0.494 e. The van der Waals surface area contributed by atoms with Gasteiger partial charge in [0.15, 0.2) is 0 Å². The van der Waals surface area contributed by atoms with E-state index in [1.165, 1.54) is 12.1 Å². The Balaban J connectivity index is 1.59. The third kappa shape index (κ3) is 4.80. The molecule has 0 bridgehead atoms. The lowest BCUT2D eigenvalue weighted by atomic mass is 9.98. The first-order valence-electron chi connectivity index (χ1n) is 9.10. The molecule has 140 valence electrons. The summed E-state index contributed by atoms with van der Waals surface area (Å²) in [6, 6.07) is 9.68. The fourth-order valence-electron chi connectivity index (χ4n) is 3.69. The van der Waals surface area contributed by atoms with Gasteiger partial charge in [0.05, 0.1) is 13.2 Å². The van der Waals surface area contributed by atoms with Gasteiger partial charge in [0, 0.05) is 24.7 Å². The van der Waals surface area contributed by atoms with Crippen molar-refractivity contribution in [3.8, 4) is 5.75 Å². The number of nitrogens with zero attached hydrogens (tertiary/aromatic N) is 1. The normalized spacial score (nSPS) is 17.6. The second-order valence-electron chi connectivity index (χ2n) is 6.90. The van der Waals surface area contributed by atoms with Crippen LogP contribution in [-0.4, -0.2) is 29.7 Å². The molecule has 0 radical (unpaired) electrons. The predicted octanol–water partition coefficient (Wildman–Crippen LogP) is 3.92. The number of hydrogen-bond donors (Lipinski definition) is 1. The lowest BCUT2D eigenvalue weighted by molar-refractivity contribution is 0.266. The average Bonchev–Trinajstić information content (AvgIpc) is 3.02. The van der Waals surface area contributed by atoms with E-state index in [-0.39, 0.29) is 6.61 Å². The lowest BCUT2D eigenvalue weighted by Gasteiger charge is -2.18. The smallest absolute Gasteiger partial charge is 0.126 e. The van der Waals surface area contributed by atoms with Crippen LogP contribution in [0.15, 0.2) is 36.4 Å². The predicted molar refractivity (Wildman–Crippen MR) is 97.0 cm³/mol. The van der Waals surface area contributed by atoms with Crippen LogP contribution in [0, 0.1) is 17.6 Å². The number of halogens is 2. The van der Waals surface area contributed by atoms with Gasteiger partial charge in [-0.1, -0.05) is 6.07 Å². The Morgan fingerprint density at radius 2 is 1.88 bits per heavy atom. The van der Waals surface area contributed by atoms with Gasteiger partial charge in [0.1, 0.15) is 17.4 Å². The van der Waals surface area contributed by atoms with Gasteiger partial charge in [-0.05, 0) is 67.6 Å². The standard InChI is InChI=1S/C21H25F2NO2/c1-2-26-21-4-3-15(8-18(21)14-25)12-24-6-5-16(13-24)7-17-9-19(22)11-20(23)10-17/h3-4,8-11,16,25H,2,5-7,12-14H2,1H3. The molecule has 1 atom stereocenters. The summed E-state index contributed by atoms with van der Waals surface area (Å²) in [5.74, 6) is 0.101. The summed E-state index contributed by atoms with van der Waals surface area (Å²) < 4.78 is 32.2. The maximum Gasteiger partial charge on any atom is 0.126 e. The van der Waals surface area contributed by atoms with Gasteiger partial charge >= 0.3 is 0 Å². The van der Waals surface area contributed by atoms with Crippen molar-refractivity contribution in [3.05, 3.63) is 64.7 Å². The maximum atomic E-state index is 13.3. The molecule has 1 aliphatic heterocycles. The van der Waals surface area contributed by atoms with E-state index in [0.29, 0.717) is 18.9 Å². The second kappa shape index (κ2) is 8.60. The van der Waals surface area contributed by atoms with Crippen molar-refractivity contribution in [2.24, 2.45) is 5.92 Å². The number of aliphatic hydroxyl groups excluding tert-OH is 1. The molecule has 0 spiro atoms. The van der Waals surface area contributed by atoms with Crippen molar-refractivity contribution < 1.29 is 18.6 Å². The van der Waals surface area contributed by atoms with E-state index in [0.717, 1.165) is 54.6 Å². The van der Waals surface area contributed by atoms with E-state index in [1.54, 1.807) is 0 Å². The van der Waals surface area contributed by atoms with E-state index in [1.807, 2.05) is 25.1 Å². The number of likely N-dealkylation sites (tertiary alicyclic amines) is 1. The first-order chi connectivity index (χ1) is 12.6. The highest BCUT2D eigenvalue weighted by Gasteiger charge is 2.23. The summed E-state index contributed by atoms with van der Waals surface area (Å²) in [5.41, 5.74) is 2.66. The van der Waals surface area contributed by atoms with Crippen molar-refractivity contribution in [1.29, 1.82) is 0 Å². The van der Waals surface area contributed by atoms with Gasteiger partial charge in [0.25, 0.3) is 0 Å². The van der Waals surface area contributed by atoms with Gasteiger partial charge in [-0.2, -0.15) is 0 Å². The molecule has 2 aromatic carbocycles. The maximum absolute atomic E-state index is 13.3. The Labute approximate surface area is 153 Å². The molecule has 0 aromatic heterocycles. The van der Waals surface area contributed by atoms with Crippen LogP contribution in [0.5, 0.6) is 5.75 Å². The van der Waals surface area contributed by atoms with Gasteiger partial charge in [-0.15, -0.1) is 0 Å². The minimum absolute atomic E-state index is 0.0447. The number of ether oxygens (including phenoxy) is 1. The summed E-state index contributed by atoms with van der Waals surface area (Å²) in [6.45, 7) is 5.11. The lowest BCUT2D eigenvalue weighted by Crippen LogP contribution is -2.20. The molecule has 2 aromatic rings.